The monoisotopic (exact) mass is 219 g/mol. The molecule has 0 aliphatic rings. The van der Waals surface area contributed by atoms with E-state index in [0.29, 0.717) is 19.5 Å². The third-order valence-electron chi connectivity index (χ3n) is 2.44. The zero-order valence-electron chi connectivity index (χ0n) is 9.03. The lowest BCUT2D eigenvalue weighted by atomic mass is 10.2. The van der Waals surface area contributed by atoms with E-state index in [4.69, 9.17) is 4.74 Å². The minimum Gasteiger partial charge on any atom is -0.497 e. The first-order chi connectivity index (χ1) is 7.83. The molecule has 0 saturated carbocycles. The minimum absolute atomic E-state index is 0.396. The number of carbonyl (C=O) groups excluding carboxylic acids is 1. The zero-order valence-corrected chi connectivity index (χ0v) is 9.03. The summed E-state index contributed by atoms with van der Waals surface area (Å²) in [5, 5.41) is 1.10. The Balaban J connectivity index is 2.19. The van der Waals surface area contributed by atoms with Crippen molar-refractivity contribution in [3.63, 3.8) is 0 Å². The van der Waals surface area contributed by atoms with Crippen LogP contribution in [0.15, 0.2) is 24.3 Å². The Labute approximate surface area is 93.2 Å². The van der Waals surface area contributed by atoms with E-state index in [9.17, 15) is 4.79 Å². The van der Waals surface area contributed by atoms with Gasteiger partial charge in [0.15, 0.2) is 0 Å². The van der Waals surface area contributed by atoms with Gasteiger partial charge in [0.1, 0.15) is 5.75 Å². The lowest BCUT2D eigenvalue weighted by molar-refractivity contribution is -0.128. The van der Waals surface area contributed by atoms with E-state index in [1.54, 1.807) is 7.11 Å². The number of carbonyl (C=O) groups is 1. The summed E-state index contributed by atoms with van der Waals surface area (Å²) in [7, 11) is 1.65. The van der Waals surface area contributed by atoms with Gasteiger partial charge in [-0.2, -0.15) is 0 Å². The van der Waals surface area contributed by atoms with E-state index in [1.165, 1.54) is 0 Å². The highest BCUT2D eigenvalue weighted by Crippen LogP contribution is 2.21. The molecule has 1 aromatic carbocycles. The lowest BCUT2D eigenvalue weighted by Gasteiger charge is -1.97. The highest BCUT2D eigenvalue weighted by Gasteiger charge is 2.02. The van der Waals surface area contributed by atoms with Crippen molar-refractivity contribution in [2.75, 3.05) is 13.7 Å². The average Bonchev–Trinajstić information content (AvgIpc) is 2.70. The Morgan fingerprint density at radius 1 is 1.38 bits per heavy atom. The molecule has 0 radical (unpaired) electrons. The molecule has 0 saturated heterocycles. The van der Waals surface area contributed by atoms with Crippen molar-refractivity contribution < 1.29 is 14.3 Å². The Bertz CT molecular complexity index is 490. The summed E-state index contributed by atoms with van der Waals surface area (Å²) in [6.45, 7) is 0.860. The highest BCUT2D eigenvalue weighted by atomic mass is 16.5. The molecule has 0 aliphatic carbocycles. The lowest BCUT2D eigenvalue weighted by Crippen LogP contribution is -1.96. The second-order valence-electron chi connectivity index (χ2n) is 3.46. The smallest absolute Gasteiger partial charge is 0.293 e. The Kier molecular flexibility index (Phi) is 3.10. The summed E-state index contributed by atoms with van der Waals surface area (Å²) in [6.07, 6.45) is 0.690. The number of benzene rings is 1. The van der Waals surface area contributed by atoms with Gasteiger partial charge < -0.3 is 14.5 Å². The van der Waals surface area contributed by atoms with Crippen LogP contribution in [0.3, 0.4) is 0 Å². The third-order valence-corrected chi connectivity index (χ3v) is 2.44. The van der Waals surface area contributed by atoms with Crippen LogP contribution in [-0.2, 0) is 16.0 Å². The minimum atomic E-state index is 0.396. The van der Waals surface area contributed by atoms with Gasteiger partial charge in [0.25, 0.3) is 6.47 Å². The molecular weight excluding hydrogens is 206 g/mol. The maximum absolute atomic E-state index is 10.0. The van der Waals surface area contributed by atoms with E-state index in [0.717, 1.165) is 22.3 Å². The van der Waals surface area contributed by atoms with Crippen LogP contribution in [0.4, 0.5) is 0 Å². The first-order valence-corrected chi connectivity index (χ1v) is 5.04. The second kappa shape index (κ2) is 4.70. The maximum atomic E-state index is 10.0. The molecule has 1 N–H and O–H groups in total. The summed E-state index contributed by atoms with van der Waals surface area (Å²) in [6, 6.07) is 7.88. The number of hydrogen-bond acceptors (Lipinski definition) is 3. The Morgan fingerprint density at radius 3 is 3.00 bits per heavy atom. The van der Waals surface area contributed by atoms with Gasteiger partial charge in [-0.1, -0.05) is 0 Å². The molecule has 0 fully saturated rings. The average molecular weight is 219 g/mol. The predicted octanol–water partition coefficient (Wildman–Crippen LogP) is 1.89. The fourth-order valence-corrected chi connectivity index (χ4v) is 1.65. The summed E-state index contributed by atoms with van der Waals surface area (Å²) >= 11 is 0. The van der Waals surface area contributed by atoms with E-state index in [1.807, 2.05) is 24.3 Å². The van der Waals surface area contributed by atoms with Crippen molar-refractivity contribution in [1.82, 2.24) is 4.98 Å². The van der Waals surface area contributed by atoms with Gasteiger partial charge in [-0.15, -0.1) is 0 Å². The van der Waals surface area contributed by atoms with Crippen LogP contribution in [0.25, 0.3) is 10.9 Å². The second-order valence-corrected chi connectivity index (χ2v) is 3.46. The standard InChI is InChI=1S/C12H13NO3/c1-15-11-2-3-12-9(7-11)6-10(13-12)4-5-16-8-14/h2-3,6-8,13H,4-5H2,1H3. The molecule has 0 atom stereocenters. The molecule has 2 aromatic rings. The fourth-order valence-electron chi connectivity index (χ4n) is 1.65. The Morgan fingerprint density at radius 2 is 2.25 bits per heavy atom. The van der Waals surface area contributed by atoms with Crippen LogP contribution in [0.1, 0.15) is 5.69 Å². The first-order valence-electron chi connectivity index (χ1n) is 5.04. The van der Waals surface area contributed by atoms with Crippen molar-refractivity contribution in [1.29, 1.82) is 0 Å². The molecule has 1 heterocycles. The molecule has 0 amide bonds. The molecule has 1 aromatic heterocycles. The summed E-state index contributed by atoms with van der Waals surface area (Å²) in [5.41, 5.74) is 2.10. The molecule has 16 heavy (non-hydrogen) atoms. The first kappa shape index (κ1) is 10.5. The number of fused-ring (bicyclic) bond motifs is 1. The van der Waals surface area contributed by atoms with Crippen LogP contribution in [0.5, 0.6) is 5.75 Å². The zero-order chi connectivity index (χ0) is 11.4. The van der Waals surface area contributed by atoms with E-state index in [2.05, 4.69) is 9.72 Å². The topological polar surface area (TPSA) is 51.3 Å². The van der Waals surface area contributed by atoms with Gasteiger partial charge >= 0.3 is 0 Å². The van der Waals surface area contributed by atoms with E-state index in [-0.39, 0.29) is 0 Å². The van der Waals surface area contributed by atoms with Gasteiger partial charge in [-0.3, -0.25) is 4.79 Å². The number of hydrogen-bond donors (Lipinski definition) is 1. The van der Waals surface area contributed by atoms with Gasteiger partial charge in [0.05, 0.1) is 13.7 Å². The van der Waals surface area contributed by atoms with Crippen molar-refractivity contribution in [2.45, 2.75) is 6.42 Å². The van der Waals surface area contributed by atoms with Crippen LogP contribution in [0, 0.1) is 0 Å². The van der Waals surface area contributed by atoms with Crippen molar-refractivity contribution in [3.8, 4) is 5.75 Å². The SMILES string of the molecule is COc1ccc2[nH]c(CCOC=O)cc2c1. The number of aromatic nitrogens is 1. The molecule has 4 nitrogen and oxygen atoms in total. The van der Waals surface area contributed by atoms with Crippen molar-refractivity contribution in [3.05, 3.63) is 30.0 Å². The Hall–Kier alpha value is -1.97. The number of methoxy groups -OCH3 is 1. The quantitative estimate of drug-likeness (QED) is 0.617. The maximum Gasteiger partial charge on any atom is 0.293 e. The van der Waals surface area contributed by atoms with Gasteiger partial charge in [0.2, 0.25) is 0 Å². The summed E-state index contributed by atoms with van der Waals surface area (Å²) in [5.74, 6) is 0.835. The fraction of sp³-hybridized carbons (Fsp3) is 0.250. The molecule has 2 rings (SSSR count). The van der Waals surface area contributed by atoms with Crippen LogP contribution >= 0.6 is 0 Å². The highest BCUT2D eigenvalue weighted by molar-refractivity contribution is 5.81. The number of H-pyrrole nitrogens is 1. The molecule has 84 valence electrons. The van der Waals surface area contributed by atoms with Gasteiger partial charge in [-0.25, -0.2) is 0 Å². The van der Waals surface area contributed by atoms with E-state index < -0.39 is 0 Å². The van der Waals surface area contributed by atoms with Crippen LogP contribution in [0.2, 0.25) is 0 Å². The normalized spacial score (nSPS) is 10.3. The summed E-state index contributed by atoms with van der Waals surface area (Å²) in [4.78, 5) is 13.3. The number of ether oxygens (including phenoxy) is 2. The van der Waals surface area contributed by atoms with Crippen molar-refractivity contribution >= 4 is 17.4 Å². The largest absolute Gasteiger partial charge is 0.497 e. The number of nitrogens with one attached hydrogen (secondary N) is 1. The molecule has 0 aliphatic heterocycles. The molecular formula is C12H13NO3. The van der Waals surface area contributed by atoms with Crippen LogP contribution in [-0.4, -0.2) is 25.2 Å². The van der Waals surface area contributed by atoms with Gasteiger partial charge in [-0.05, 0) is 24.3 Å². The number of aromatic amines is 1. The molecule has 0 spiro atoms. The van der Waals surface area contributed by atoms with Crippen molar-refractivity contribution in [2.24, 2.45) is 0 Å². The van der Waals surface area contributed by atoms with Crippen LogP contribution < -0.4 is 4.74 Å². The third kappa shape index (κ3) is 2.16. The predicted molar refractivity (Wildman–Crippen MR) is 60.6 cm³/mol. The summed E-state index contributed by atoms with van der Waals surface area (Å²) < 4.78 is 9.80. The molecule has 4 heteroatoms. The van der Waals surface area contributed by atoms with E-state index >= 15 is 0 Å². The molecule has 0 bridgehead atoms. The molecule has 0 unspecified atom stereocenters. The van der Waals surface area contributed by atoms with Gasteiger partial charge in [0, 0.05) is 23.0 Å². The number of rotatable bonds is 5.